The number of rotatable bonds is 1. The molecule has 12 heavy (non-hydrogen) atoms. The molecule has 68 valence electrons. The SMILES string of the molecule is O=C(O)c1cccc(O)c1[O-].[Cu+]. The number of hydrogen-bond donors (Lipinski definition) is 2. The number of aromatic carboxylic acids is 1. The van der Waals surface area contributed by atoms with Crippen molar-refractivity contribution in [3.8, 4) is 11.5 Å². The molecule has 0 saturated heterocycles. The van der Waals surface area contributed by atoms with Crippen LogP contribution in [0.15, 0.2) is 18.2 Å². The van der Waals surface area contributed by atoms with Gasteiger partial charge in [0.05, 0.1) is 5.56 Å². The van der Waals surface area contributed by atoms with Gasteiger partial charge in [-0.1, -0.05) is 11.8 Å². The first-order chi connectivity index (χ1) is 5.13. The van der Waals surface area contributed by atoms with Crippen molar-refractivity contribution in [3.63, 3.8) is 0 Å². The Hall–Kier alpha value is -1.19. The summed E-state index contributed by atoms with van der Waals surface area (Å²) in [5.41, 5.74) is -0.412. The van der Waals surface area contributed by atoms with Crippen LogP contribution < -0.4 is 5.11 Å². The van der Waals surface area contributed by atoms with Gasteiger partial charge >= 0.3 is 23.0 Å². The number of phenols is 1. The van der Waals surface area contributed by atoms with Crippen molar-refractivity contribution in [3.05, 3.63) is 23.8 Å². The van der Waals surface area contributed by atoms with Crippen molar-refractivity contribution >= 4 is 5.97 Å². The molecule has 1 rings (SSSR count). The minimum atomic E-state index is -1.33. The zero-order valence-corrected chi connectivity index (χ0v) is 6.69. The fourth-order valence-corrected chi connectivity index (χ4v) is 0.693. The minimum absolute atomic E-state index is 0. The van der Waals surface area contributed by atoms with Crippen LogP contribution >= 0.6 is 0 Å². The fourth-order valence-electron chi connectivity index (χ4n) is 0.693. The number of para-hydroxylation sites is 1. The van der Waals surface area contributed by atoms with Crippen LogP contribution in [0.2, 0.25) is 0 Å². The molecule has 0 aliphatic rings. The van der Waals surface area contributed by atoms with Crippen molar-refractivity contribution in [1.29, 1.82) is 0 Å². The van der Waals surface area contributed by atoms with Crippen LogP contribution in [0.4, 0.5) is 0 Å². The van der Waals surface area contributed by atoms with Crippen LogP contribution in [0.3, 0.4) is 0 Å². The summed E-state index contributed by atoms with van der Waals surface area (Å²) in [4.78, 5) is 10.3. The Labute approximate surface area is 78.9 Å². The Balaban J connectivity index is 0.00000121. The first-order valence-electron chi connectivity index (χ1n) is 2.85. The van der Waals surface area contributed by atoms with E-state index in [9.17, 15) is 9.90 Å². The molecule has 0 unspecified atom stereocenters. The molecule has 0 aliphatic carbocycles. The van der Waals surface area contributed by atoms with Gasteiger partial charge < -0.3 is 15.3 Å². The second-order valence-electron chi connectivity index (χ2n) is 1.96. The summed E-state index contributed by atoms with van der Waals surface area (Å²) in [7, 11) is 0. The molecule has 0 fully saturated rings. The number of aromatic hydroxyl groups is 1. The predicted octanol–water partition coefficient (Wildman–Crippen LogP) is 0.161. The Kier molecular flexibility index (Phi) is 3.60. The van der Waals surface area contributed by atoms with E-state index >= 15 is 0 Å². The summed E-state index contributed by atoms with van der Waals surface area (Å²) in [6, 6.07) is 3.60. The second kappa shape index (κ2) is 3.99. The van der Waals surface area contributed by atoms with Crippen molar-refractivity contribution < 1.29 is 37.2 Å². The minimum Gasteiger partial charge on any atom is -0.869 e. The smallest absolute Gasteiger partial charge is 0.869 e. The third-order valence-corrected chi connectivity index (χ3v) is 1.22. The molecule has 0 aliphatic heterocycles. The van der Waals surface area contributed by atoms with Crippen LogP contribution in [-0.4, -0.2) is 16.2 Å². The van der Waals surface area contributed by atoms with Gasteiger partial charge in [0.1, 0.15) is 5.75 Å². The third kappa shape index (κ3) is 1.90. The average Bonchev–Trinajstić information content (AvgIpc) is 1.94. The molecule has 0 aromatic heterocycles. The van der Waals surface area contributed by atoms with E-state index in [1.807, 2.05) is 0 Å². The predicted molar refractivity (Wildman–Crippen MR) is 34.5 cm³/mol. The van der Waals surface area contributed by atoms with Gasteiger partial charge in [0.2, 0.25) is 0 Å². The Morgan fingerprint density at radius 2 is 2.00 bits per heavy atom. The molecular formula is C7H5CuO4. The summed E-state index contributed by atoms with van der Waals surface area (Å²) < 4.78 is 0. The van der Waals surface area contributed by atoms with Gasteiger partial charge in [0.15, 0.2) is 0 Å². The number of benzene rings is 1. The van der Waals surface area contributed by atoms with Crippen LogP contribution in [0.25, 0.3) is 0 Å². The number of carboxylic acids is 1. The summed E-state index contributed by atoms with van der Waals surface area (Å²) >= 11 is 0. The standard InChI is InChI=1S/C7H6O4.Cu/c8-5-3-1-2-4(6(5)9)7(10)11;/h1-3,8-9H,(H,10,11);/q;+1/p-1. The van der Waals surface area contributed by atoms with Gasteiger partial charge in [0.25, 0.3) is 0 Å². The van der Waals surface area contributed by atoms with Crippen LogP contribution in [0.5, 0.6) is 11.5 Å². The second-order valence-corrected chi connectivity index (χ2v) is 1.96. The van der Waals surface area contributed by atoms with Gasteiger partial charge in [-0.2, -0.15) is 0 Å². The molecule has 1 aromatic rings. The third-order valence-electron chi connectivity index (χ3n) is 1.22. The number of hydrogen-bond acceptors (Lipinski definition) is 3. The van der Waals surface area contributed by atoms with E-state index in [1.54, 1.807) is 0 Å². The van der Waals surface area contributed by atoms with Gasteiger partial charge in [-0.15, -0.1) is 0 Å². The van der Waals surface area contributed by atoms with E-state index in [2.05, 4.69) is 0 Å². The summed E-state index contributed by atoms with van der Waals surface area (Å²) in [6.45, 7) is 0. The molecule has 2 N–H and O–H groups in total. The Bertz CT molecular complexity index is 297. The zero-order valence-electron chi connectivity index (χ0n) is 5.74. The first kappa shape index (κ1) is 10.8. The molecule has 0 heterocycles. The largest absolute Gasteiger partial charge is 1.00 e. The van der Waals surface area contributed by atoms with Crippen molar-refractivity contribution in [1.82, 2.24) is 0 Å². The van der Waals surface area contributed by atoms with Crippen molar-refractivity contribution in [2.24, 2.45) is 0 Å². The fraction of sp³-hybridized carbons (Fsp3) is 0. The number of carbonyl (C=O) groups is 1. The normalized spacial score (nSPS) is 8.67. The molecule has 0 radical (unpaired) electrons. The number of carboxylic acid groups (broad SMARTS) is 1. The summed E-state index contributed by atoms with van der Waals surface area (Å²) in [5.74, 6) is -2.71. The Morgan fingerprint density at radius 1 is 1.42 bits per heavy atom. The monoisotopic (exact) mass is 216 g/mol. The molecular weight excluding hydrogens is 212 g/mol. The van der Waals surface area contributed by atoms with Gasteiger partial charge in [0, 0.05) is 0 Å². The van der Waals surface area contributed by atoms with Gasteiger partial charge in [-0.3, -0.25) is 0 Å². The maximum absolute atomic E-state index is 10.8. The van der Waals surface area contributed by atoms with E-state index in [0.717, 1.165) is 12.1 Å². The maximum Gasteiger partial charge on any atom is 1.00 e. The Morgan fingerprint density at radius 3 is 2.42 bits per heavy atom. The molecule has 5 heteroatoms. The molecule has 0 bridgehead atoms. The van der Waals surface area contributed by atoms with Crippen molar-refractivity contribution in [2.75, 3.05) is 0 Å². The van der Waals surface area contributed by atoms with E-state index < -0.39 is 23.0 Å². The quantitative estimate of drug-likeness (QED) is 0.656. The first-order valence-corrected chi connectivity index (χ1v) is 2.85. The van der Waals surface area contributed by atoms with Crippen molar-refractivity contribution in [2.45, 2.75) is 0 Å². The van der Waals surface area contributed by atoms with Gasteiger partial charge in [-0.05, 0) is 12.1 Å². The van der Waals surface area contributed by atoms with E-state index in [0.29, 0.717) is 0 Å². The molecule has 0 atom stereocenters. The number of phenolic OH excluding ortho intramolecular Hbond substituents is 1. The topological polar surface area (TPSA) is 80.6 Å². The zero-order chi connectivity index (χ0) is 8.43. The molecule has 1 aromatic carbocycles. The van der Waals surface area contributed by atoms with Crippen LogP contribution in [0.1, 0.15) is 10.4 Å². The molecule has 0 spiro atoms. The van der Waals surface area contributed by atoms with E-state index in [4.69, 9.17) is 10.2 Å². The van der Waals surface area contributed by atoms with E-state index in [1.165, 1.54) is 6.07 Å². The van der Waals surface area contributed by atoms with Gasteiger partial charge in [-0.25, -0.2) is 4.79 Å². The van der Waals surface area contributed by atoms with Crippen LogP contribution in [-0.2, 0) is 17.1 Å². The summed E-state index contributed by atoms with van der Waals surface area (Å²) in [5, 5.41) is 27.9. The van der Waals surface area contributed by atoms with Crippen LogP contribution in [0, 0.1) is 0 Å². The molecule has 0 saturated carbocycles. The molecule has 4 nitrogen and oxygen atoms in total. The maximum atomic E-state index is 10.8. The average molecular weight is 217 g/mol. The summed E-state index contributed by atoms with van der Waals surface area (Å²) in [6.07, 6.45) is 0. The molecule has 0 amide bonds. The van der Waals surface area contributed by atoms with E-state index in [-0.39, 0.29) is 17.1 Å².